The molecule has 144 valence electrons. The summed E-state index contributed by atoms with van der Waals surface area (Å²) in [6, 6.07) is 9.81. The second-order valence-electron chi connectivity index (χ2n) is 6.44. The minimum atomic E-state index is -1.08. The fourth-order valence-electron chi connectivity index (χ4n) is 3.05. The highest BCUT2D eigenvalue weighted by atomic mass is 19.1. The molecule has 2 N–H and O–H groups in total. The number of rotatable bonds is 5. The first kappa shape index (κ1) is 19.3. The molecule has 3 aromatic rings. The van der Waals surface area contributed by atoms with Gasteiger partial charge >= 0.3 is 6.09 Å². The average Bonchev–Trinajstić information content (AvgIpc) is 3.01. The van der Waals surface area contributed by atoms with Crippen molar-refractivity contribution in [2.24, 2.45) is 0 Å². The zero-order valence-electron chi connectivity index (χ0n) is 15.0. The van der Waals surface area contributed by atoms with Crippen LogP contribution in [-0.2, 0) is 11.2 Å². The Morgan fingerprint density at radius 1 is 1.21 bits per heavy atom. The Morgan fingerprint density at radius 3 is 2.71 bits per heavy atom. The van der Waals surface area contributed by atoms with Gasteiger partial charge in [0.2, 0.25) is 5.91 Å². The molecule has 1 atom stereocenters. The third-order valence-electron chi connectivity index (χ3n) is 4.29. The van der Waals surface area contributed by atoms with Gasteiger partial charge in [-0.1, -0.05) is 18.2 Å². The highest BCUT2D eigenvalue weighted by Crippen LogP contribution is 2.22. The van der Waals surface area contributed by atoms with Crippen molar-refractivity contribution in [1.82, 2.24) is 9.88 Å². The highest BCUT2D eigenvalue weighted by Gasteiger charge is 2.15. The molecule has 3 rings (SSSR count). The summed E-state index contributed by atoms with van der Waals surface area (Å²) < 4.78 is 27.9. The van der Waals surface area contributed by atoms with E-state index in [-0.39, 0.29) is 11.6 Å². The van der Waals surface area contributed by atoms with Crippen LogP contribution in [-0.4, -0.2) is 27.7 Å². The van der Waals surface area contributed by atoms with Crippen molar-refractivity contribution in [3.05, 3.63) is 77.5 Å². The van der Waals surface area contributed by atoms with Crippen LogP contribution >= 0.6 is 0 Å². The molecule has 2 aromatic carbocycles. The van der Waals surface area contributed by atoms with Crippen molar-refractivity contribution in [2.75, 3.05) is 0 Å². The summed E-state index contributed by atoms with van der Waals surface area (Å²) in [6.45, 7) is 1.78. The molecule has 1 amide bonds. The highest BCUT2D eigenvalue weighted by molar-refractivity contribution is 5.93. The fourth-order valence-corrected chi connectivity index (χ4v) is 3.05. The first-order valence-corrected chi connectivity index (χ1v) is 8.61. The van der Waals surface area contributed by atoms with Crippen molar-refractivity contribution < 1.29 is 23.5 Å². The number of hydrogen-bond donors (Lipinski definition) is 2. The van der Waals surface area contributed by atoms with E-state index >= 15 is 0 Å². The van der Waals surface area contributed by atoms with Crippen LogP contribution in [0.25, 0.3) is 17.0 Å². The lowest BCUT2D eigenvalue weighted by molar-refractivity contribution is -0.117. The van der Waals surface area contributed by atoms with Gasteiger partial charge in [0, 0.05) is 29.3 Å². The Hall–Kier alpha value is -3.48. The number of carbonyl (C=O) groups is 2. The topological polar surface area (TPSA) is 71.3 Å². The van der Waals surface area contributed by atoms with E-state index in [0.717, 1.165) is 39.8 Å². The van der Waals surface area contributed by atoms with Gasteiger partial charge in [-0.25, -0.2) is 13.6 Å². The smallest absolute Gasteiger partial charge is 0.416 e. The van der Waals surface area contributed by atoms with Crippen molar-refractivity contribution in [3.63, 3.8) is 0 Å². The van der Waals surface area contributed by atoms with Gasteiger partial charge in [-0.3, -0.25) is 9.36 Å². The molecular formula is C21H18F2N2O3. The number of amides is 1. The molecule has 5 nitrogen and oxygen atoms in total. The molecule has 7 heteroatoms. The Morgan fingerprint density at radius 2 is 1.96 bits per heavy atom. The van der Waals surface area contributed by atoms with E-state index < -0.39 is 23.6 Å². The standard InChI is InChI=1S/C21H18F2N2O3/c1-13(24-20(26)9-6-14-11-16(22)7-8-18(14)23)10-15-12-25(21(27)28)19-5-3-2-4-17(15)19/h2-9,11-13H,10H2,1H3,(H,24,26)(H,27,28)/t13-/m1/s1. The molecule has 0 aliphatic rings. The quantitative estimate of drug-likeness (QED) is 0.648. The molecule has 0 saturated carbocycles. The summed E-state index contributed by atoms with van der Waals surface area (Å²) in [6.07, 6.45) is 3.20. The molecule has 0 radical (unpaired) electrons. The van der Waals surface area contributed by atoms with Crippen LogP contribution in [0.1, 0.15) is 18.1 Å². The van der Waals surface area contributed by atoms with Crippen LogP contribution in [0.3, 0.4) is 0 Å². The van der Waals surface area contributed by atoms with Crippen LogP contribution in [0.5, 0.6) is 0 Å². The molecule has 0 spiro atoms. The molecule has 0 bridgehead atoms. The normalized spacial score (nSPS) is 12.4. The molecule has 0 unspecified atom stereocenters. The maximum atomic E-state index is 13.6. The van der Waals surface area contributed by atoms with Crippen LogP contribution in [0.2, 0.25) is 0 Å². The lowest BCUT2D eigenvalue weighted by atomic mass is 10.1. The van der Waals surface area contributed by atoms with E-state index in [9.17, 15) is 23.5 Å². The third-order valence-corrected chi connectivity index (χ3v) is 4.29. The largest absolute Gasteiger partial charge is 0.464 e. The second kappa shape index (κ2) is 8.04. The van der Waals surface area contributed by atoms with Gasteiger partial charge in [0.25, 0.3) is 0 Å². The second-order valence-corrected chi connectivity index (χ2v) is 6.44. The number of nitrogens with one attached hydrogen (secondary N) is 1. The van der Waals surface area contributed by atoms with E-state index in [1.807, 2.05) is 12.1 Å². The van der Waals surface area contributed by atoms with Crippen molar-refractivity contribution in [2.45, 2.75) is 19.4 Å². The Labute approximate surface area is 159 Å². The maximum absolute atomic E-state index is 13.6. The molecule has 1 aromatic heterocycles. The zero-order chi connectivity index (χ0) is 20.3. The first-order valence-electron chi connectivity index (χ1n) is 8.61. The Balaban J connectivity index is 1.70. The Bertz CT molecular complexity index is 1070. The molecule has 0 saturated heterocycles. The van der Waals surface area contributed by atoms with Crippen molar-refractivity contribution in [1.29, 1.82) is 0 Å². The molecule has 28 heavy (non-hydrogen) atoms. The number of aromatic nitrogens is 1. The first-order chi connectivity index (χ1) is 13.3. The molecular weight excluding hydrogens is 366 g/mol. The molecule has 0 aliphatic carbocycles. The maximum Gasteiger partial charge on any atom is 0.416 e. The predicted octanol–water partition coefficient (Wildman–Crippen LogP) is 4.21. The summed E-state index contributed by atoms with van der Waals surface area (Å²) in [5.41, 5.74) is 1.34. The number of benzene rings is 2. The van der Waals surface area contributed by atoms with E-state index in [1.165, 1.54) is 12.3 Å². The van der Waals surface area contributed by atoms with Gasteiger partial charge in [-0.05, 0) is 49.2 Å². The fraction of sp³-hybridized carbons (Fsp3) is 0.143. The summed E-state index contributed by atoms with van der Waals surface area (Å²) in [4.78, 5) is 23.5. The number of carboxylic acid groups (broad SMARTS) is 1. The minimum Gasteiger partial charge on any atom is -0.464 e. The van der Waals surface area contributed by atoms with Crippen molar-refractivity contribution in [3.8, 4) is 0 Å². The number of fused-ring (bicyclic) bond motifs is 1. The summed E-state index contributed by atoms with van der Waals surface area (Å²) >= 11 is 0. The average molecular weight is 384 g/mol. The van der Waals surface area contributed by atoms with Crippen LogP contribution < -0.4 is 5.32 Å². The van der Waals surface area contributed by atoms with Gasteiger partial charge in [-0.15, -0.1) is 0 Å². The number of carbonyl (C=O) groups excluding carboxylic acids is 1. The third kappa shape index (κ3) is 4.25. The zero-order valence-corrected chi connectivity index (χ0v) is 15.0. The van der Waals surface area contributed by atoms with Crippen LogP contribution in [0, 0.1) is 11.6 Å². The van der Waals surface area contributed by atoms with Crippen molar-refractivity contribution >= 4 is 29.0 Å². The van der Waals surface area contributed by atoms with Gasteiger partial charge < -0.3 is 10.4 Å². The van der Waals surface area contributed by atoms with E-state index in [0.29, 0.717) is 11.9 Å². The lowest BCUT2D eigenvalue weighted by Crippen LogP contribution is -2.32. The van der Waals surface area contributed by atoms with E-state index in [1.54, 1.807) is 19.1 Å². The number of nitrogens with zero attached hydrogens (tertiary/aromatic N) is 1. The van der Waals surface area contributed by atoms with Gasteiger partial charge in [0.05, 0.1) is 5.52 Å². The monoisotopic (exact) mass is 384 g/mol. The molecule has 0 fully saturated rings. The van der Waals surface area contributed by atoms with E-state index in [4.69, 9.17) is 0 Å². The SMILES string of the molecule is C[C@H](Cc1cn(C(=O)O)c2ccccc12)NC(=O)C=Cc1cc(F)ccc1F. The van der Waals surface area contributed by atoms with Crippen LogP contribution in [0.4, 0.5) is 13.6 Å². The molecule has 1 heterocycles. The Kier molecular flexibility index (Phi) is 5.54. The predicted molar refractivity (Wildman–Crippen MR) is 102 cm³/mol. The van der Waals surface area contributed by atoms with Gasteiger partial charge in [-0.2, -0.15) is 0 Å². The van der Waals surface area contributed by atoms with Crippen LogP contribution in [0.15, 0.2) is 54.7 Å². The van der Waals surface area contributed by atoms with Gasteiger partial charge in [0.15, 0.2) is 0 Å². The summed E-state index contributed by atoms with van der Waals surface area (Å²) in [5, 5.41) is 12.9. The number of hydrogen-bond acceptors (Lipinski definition) is 2. The summed E-state index contributed by atoms with van der Waals surface area (Å²) in [5.74, 6) is -1.68. The molecule has 0 aliphatic heterocycles. The van der Waals surface area contributed by atoms with Gasteiger partial charge in [0.1, 0.15) is 11.6 Å². The number of halogens is 2. The van der Waals surface area contributed by atoms with E-state index in [2.05, 4.69) is 5.32 Å². The number of para-hydroxylation sites is 1. The minimum absolute atomic E-state index is 0.0210. The summed E-state index contributed by atoms with van der Waals surface area (Å²) in [7, 11) is 0. The lowest BCUT2D eigenvalue weighted by Gasteiger charge is -2.12.